The molecule has 3 aliphatic rings. The molecule has 62 valence electrons. The summed E-state index contributed by atoms with van der Waals surface area (Å²) in [5.74, 6) is 3.48. The molecule has 0 aromatic carbocycles. The van der Waals surface area contributed by atoms with Crippen molar-refractivity contribution in [1.82, 2.24) is 0 Å². The first kappa shape index (κ1) is 6.51. The molecular weight excluding hydrogens is 132 g/mol. The average Bonchev–Trinajstić information content (AvgIpc) is 2.65. The lowest BCUT2D eigenvalue weighted by Gasteiger charge is -2.48. The summed E-state index contributed by atoms with van der Waals surface area (Å²) in [4.78, 5) is 0. The molecular formula is C11H18. The van der Waals surface area contributed by atoms with Crippen LogP contribution in [0.25, 0.3) is 0 Å². The third-order valence-corrected chi connectivity index (χ3v) is 4.76. The van der Waals surface area contributed by atoms with Crippen molar-refractivity contribution in [2.45, 2.75) is 40.0 Å². The largest absolute Gasteiger partial charge is 0.0599 e. The maximum atomic E-state index is 2.53. The second-order valence-electron chi connectivity index (χ2n) is 6.08. The van der Waals surface area contributed by atoms with E-state index in [9.17, 15) is 0 Å². The Labute approximate surface area is 69.4 Å². The summed E-state index contributed by atoms with van der Waals surface area (Å²) in [6.07, 6.45) is 4.60. The molecule has 0 aromatic rings. The van der Waals surface area contributed by atoms with E-state index in [-0.39, 0.29) is 0 Å². The van der Waals surface area contributed by atoms with Crippen molar-refractivity contribution in [2.24, 2.45) is 28.6 Å². The summed E-state index contributed by atoms with van der Waals surface area (Å²) in [5, 5.41) is 0. The van der Waals surface area contributed by atoms with Crippen molar-refractivity contribution < 1.29 is 0 Å². The minimum atomic E-state index is 0.697. The average molecular weight is 150 g/mol. The Morgan fingerprint density at radius 3 is 1.82 bits per heavy atom. The Morgan fingerprint density at radius 2 is 1.55 bits per heavy atom. The third-order valence-electron chi connectivity index (χ3n) is 4.76. The first-order valence-corrected chi connectivity index (χ1v) is 5.04. The van der Waals surface area contributed by atoms with E-state index in [4.69, 9.17) is 0 Å². The van der Waals surface area contributed by atoms with E-state index >= 15 is 0 Å². The van der Waals surface area contributed by atoms with Gasteiger partial charge in [0.05, 0.1) is 0 Å². The van der Waals surface area contributed by atoms with E-state index in [1.165, 1.54) is 24.7 Å². The molecule has 3 aliphatic carbocycles. The number of fused-ring (bicyclic) bond motifs is 1. The smallest absolute Gasteiger partial charge is 0.0235 e. The van der Waals surface area contributed by atoms with Gasteiger partial charge in [0.15, 0.2) is 0 Å². The van der Waals surface area contributed by atoms with Gasteiger partial charge in [-0.15, -0.1) is 0 Å². The molecule has 11 heavy (non-hydrogen) atoms. The maximum absolute atomic E-state index is 2.53. The SMILES string of the molecule is CC1(C)CC(C2(C)C3CC32)C1. The van der Waals surface area contributed by atoms with Crippen LogP contribution in [0.15, 0.2) is 0 Å². The molecule has 0 aromatic heterocycles. The minimum absolute atomic E-state index is 0.697. The van der Waals surface area contributed by atoms with Crippen molar-refractivity contribution in [1.29, 1.82) is 0 Å². The zero-order valence-electron chi connectivity index (χ0n) is 7.85. The molecule has 0 radical (unpaired) electrons. The van der Waals surface area contributed by atoms with Crippen LogP contribution in [0.1, 0.15) is 40.0 Å². The molecule has 0 amide bonds. The van der Waals surface area contributed by atoms with E-state index in [2.05, 4.69) is 20.8 Å². The predicted molar refractivity (Wildman–Crippen MR) is 46.2 cm³/mol. The van der Waals surface area contributed by atoms with Gasteiger partial charge in [0, 0.05) is 0 Å². The summed E-state index contributed by atoms with van der Waals surface area (Å²) in [6.45, 7) is 7.37. The van der Waals surface area contributed by atoms with Crippen molar-refractivity contribution in [3.8, 4) is 0 Å². The normalized spacial score (nSPS) is 58.1. The molecule has 0 heteroatoms. The fourth-order valence-electron chi connectivity index (χ4n) is 3.58. The van der Waals surface area contributed by atoms with E-state index in [1.54, 1.807) is 6.42 Å². The van der Waals surface area contributed by atoms with E-state index in [1.807, 2.05) is 0 Å². The summed E-state index contributed by atoms with van der Waals surface area (Å²) in [6, 6.07) is 0. The van der Waals surface area contributed by atoms with Gasteiger partial charge in [-0.1, -0.05) is 20.8 Å². The van der Waals surface area contributed by atoms with Crippen LogP contribution in [0.3, 0.4) is 0 Å². The van der Waals surface area contributed by atoms with Gasteiger partial charge in [-0.25, -0.2) is 0 Å². The van der Waals surface area contributed by atoms with E-state index in [0.29, 0.717) is 5.41 Å². The second-order valence-corrected chi connectivity index (χ2v) is 6.08. The number of rotatable bonds is 1. The molecule has 0 saturated heterocycles. The van der Waals surface area contributed by atoms with E-state index < -0.39 is 0 Å². The maximum Gasteiger partial charge on any atom is -0.0235 e. The quantitative estimate of drug-likeness (QED) is 0.539. The lowest BCUT2D eigenvalue weighted by molar-refractivity contribution is 0.0203. The molecule has 3 fully saturated rings. The Bertz CT molecular complexity index is 198. The predicted octanol–water partition coefficient (Wildman–Crippen LogP) is 3.08. The molecule has 0 heterocycles. The van der Waals surface area contributed by atoms with Crippen molar-refractivity contribution in [2.75, 3.05) is 0 Å². The van der Waals surface area contributed by atoms with Crippen LogP contribution in [0.4, 0.5) is 0 Å². The number of hydrogen-bond donors (Lipinski definition) is 0. The molecule has 3 rings (SSSR count). The van der Waals surface area contributed by atoms with Crippen LogP contribution in [0.5, 0.6) is 0 Å². The van der Waals surface area contributed by atoms with Gasteiger partial charge in [-0.2, -0.15) is 0 Å². The van der Waals surface area contributed by atoms with Crippen LogP contribution in [-0.2, 0) is 0 Å². The van der Waals surface area contributed by atoms with Crippen LogP contribution < -0.4 is 0 Å². The molecule has 0 spiro atoms. The number of hydrogen-bond acceptors (Lipinski definition) is 0. The second kappa shape index (κ2) is 1.41. The van der Waals surface area contributed by atoms with Crippen LogP contribution in [-0.4, -0.2) is 0 Å². The lowest BCUT2D eigenvalue weighted by atomic mass is 9.57. The van der Waals surface area contributed by atoms with Gasteiger partial charge in [0.1, 0.15) is 0 Å². The summed E-state index contributed by atoms with van der Waals surface area (Å²) in [7, 11) is 0. The molecule has 0 aliphatic heterocycles. The van der Waals surface area contributed by atoms with Gasteiger partial charge in [-0.3, -0.25) is 0 Å². The summed E-state index contributed by atoms with van der Waals surface area (Å²) in [5.41, 5.74) is 1.55. The highest BCUT2D eigenvalue weighted by Gasteiger charge is 2.77. The highest BCUT2D eigenvalue weighted by atomic mass is 14.8. The molecule has 0 bridgehead atoms. The van der Waals surface area contributed by atoms with Crippen molar-refractivity contribution in [3.05, 3.63) is 0 Å². The lowest BCUT2D eigenvalue weighted by Crippen LogP contribution is -2.38. The minimum Gasteiger partial charge on any atom is -0.0599 e. The van der Waals surface area contributed by atoms with Gasteiger partial charge < -0.3 is 0 Å². The molecule has 0 N–H and O–H groups in total. The molecule has 3 saturated carbocycles. The standard InChI is InChI=1S/C11H18/c1-10(2)5-7(6-10)11(3)8-4-9(8)11/h7-9H,4-6H2,1-3H3. The van der Waals surface area contributed by atoms with Gasteiger partial charge in [0.25, 0.3) is 0 Å². The van der Waals surface area contributed by atoms with E-state index in [0.717, 1.165) is 11.3 Å². The Hall–Kier alpha value is 0. The van der Waals surface area contributed by atoms with Crippen molar-refractivity contribution in [3.63, 3.8) is 0 Å². The summed E-state index contributed by atoms with van der Waals surface area (Å²) < 4.78 is 0. The Balaban J connectivity index is 1.68. The van der Waals surface area contributed by atoms with Crippen LogP contribution >= 0.6 is 0 Å². The van der Waals surface area contributed by atoms with Gasteiger partial charge in [0.2, 0.25) is 0 Å². The third kappa shape index (κ3) is 0.625. The highest BCUT2D eigenvalue weighted by Crippen LogP contribution is 2.83. The van der Waals surface area contributed by atoms with Crippen LogP contribution in [0, 0.1) is 28.6 Å². The Kier molecular flexibility index (Phi) is 0.832. The van der Waals surface area contributed by atoms with Gasteiger partial charge in [-0.05, 0) is 47.8 Å². The van der Waals surface area contributed by atoms with Crippen molar-refractivity contribution >= 4 is 0 Å². The molecule has 0 nitrogen and oxygen atoms in total. The fourth-order valence-corrected chi connectivity index (χ4v) is 3.58. The van der Waals surface area contributed by atoms with Gasteiger partial charge >= 0.3 is 0 Å². The summed E-state index contributed by atoms with van der Waals surface area (Å²) >= 11 is 0. The zero-order valence-corrected chi connectivity index (χ0v) is 7.85. The monoisotopic (exact) mass is 150 g/mol. The molecule has 2 atom stereocenters. The topological polar surface area (TPSA) is 0 Å². The zero-order chi connectivity index (χ0) is 7.85. The Morgan fingerprint density at radius 1 is 1.00 bits per heavy atom. The fraction of sp³-hybridized carbons (Fsp3) is 1.00. The highest BCUT2D eigenvalue weighted by molar-refractivity contribution is 5.25. The first-order valence-electron chi connectivity index (χ1n) is 5.04. The van der Waals surface area contributed by atoms with Crippen LogP contribution in [0.2, 0.25) is 0 Å². The molecule has 2 unspecified atom stereocenters. The first-order chi connectivity index (χ1) is 5.04.